The van der Waals surface area contributed by atoms with E-state index in [1.54, 1.807) is 0 Å². The number of nitrogens with one attached hydrogen (secondary N) is 2. The van der Waals surface area contributed by atoms with Crippen LogP contribution in [0.1, 0.15) is 30.4 Å². The van der Waals surface area contributed by atoms with E-state index < -0.39 is 0 Å². The van der Waals surface area contributed by atoms with Gasteiger partial charge in [-0.1, -0.05) is 12.1 Å². The van der Waals surface area contributed by atoms with E-state index in [0.29, 0.717) is 5.41 Å². The van der Waals surface area contributed by atoms with Crippen molar-refractivity contribution in [3.63, 3.8) is 0 Å². The first-order chi connectivity index (χ1) is 12.2. The van der Waals surface area contributed by atoms with E-state index in [2.05, 4.69) is 40.7 Å². The van der Waals surface area contributed by atoms with Gasteiger partial charge in [0.15, 0.2) is 0 Å². The lowest BCUT2D eigenvalue weighted by atomic mass is 9.91. The molecule has 1 amide bonds. The Labute approximate surface area is 179 Å². The zero-order valence-corrected chi connectivity index (χ0v) is 18.4. The first-order valence-corrected chi connectivity index (χ1v) is 10.7. The van der Waals surface area contributed by atoms with Crippen LogP contribution in [0.15, 0.2) is 18.2 Å². The first kappa shape index (κ1) is 22.8. The number of rotatable bonds is 4. The van der Waals surface area contributed by atoms with Crippen LogP contribution in [0.25, 0.3) is 0 Å². The molecule has 7 heteroatoms. The summed E-state index contributed by atoms with van der Waals surface area (Å²) in [6.45, 7) is 7.53. The predicted octanol–water partition coefficient (Wildman–Crippen LogP) is 3.72. The molecule has 1 spiro atoms. The van der Waals surface area contributed by atoms with Crippen LogP contribution in [0, 0.1) is 18.3 Å². The third kappa shape index (κ3) is 5.33. The van der Waals surface area contributed by atoms with E-state index >= 15 is 0 Å². The Balaban J connectivity index is 0.00000131. The summed E-state index contributed by atoms with van der Waals surface area (Å²) in [4.78, 5) is 15.3. The Hall–Kier alpha value is -0.460. The fourth-order valence-electron chi connectivity index (χ4n) is 4.34. The van der Waals surface area contributed by atoms with Crippen LogP contribution in [-0.2, 0) is 11.3 Å². The molecule has 1 atom stereocenters. The maximum absolute atomic E-state index is 12.8. The van der Waals surface area contributed by atoms with Crippen molar-refractivity contribution in [1.29, 1.82) is 0 Å². The fourth-order valence-corrected chi connectivity index (χ4v) is 5.31. The van der Waals surface area contributed by atoms with Gasteiger partial charge in [0.05, 0.1) is 0 Å². The molecule has 4 nitrogen and oxygen atoms in total. The molecule has 3 fully saturated rings. The third-order valence-corrected chi connectivity index (χ3v) is 7.12. The molecule has 3 aliphatic rings. The van der Waals surface area contributed by atoms with Crippen LogP contribution in [-0.4, -0.2) is 48.5 Å². The maximum atomic E-state index is 12.8. The molecule has 1 unspecified atom stereocenters. The van der Waals surface area contributed by atoms with Gasteiger partial charge in [0.25, 0.3) is 0 Å². The molecule has 0 aromatic heterocycles. The van der Waals surface area contributed by atoms with Gasteiger partial charge in [-0.2, -0.15) is 11.8 Å². The molecule has 152 valence electrons. The molecule has 1 saturated carbocycles. The van der Waals surface area contributed by atoms with Crippen LogP contribution in [0.3, 0.4) is 0 Å². The highest BCUT2D eigenvalue weighted by molar-refractivity contribution is 7.99. The van der Waals surface area contributed by atoms with Crippen molar-refractivity contribution in [2.75, 3.05) is 43.0 Å². The minimum absolute atomic E-state index is 0. The summed E-state index contributed by atoms with van der Waals surface area (Å²) in [6, 6.07) is 6.54. The van der Waals surface area contributed by atoms with Gasteiger partial charge in [0.2, 0.25) is 5.91 Å². The summed E-state index contributed by atoms with van der Waals surface area (Å²) in [5.74, 6) is 2.91. The third-order valence-electron chi connectivity index (χ3n) is 6.18. The van der Waals surface area contributed by atoms with Gasteiger partial charge in [0.1, 0.15) is 0 Å². The highest BCUT2D eigenvalue weighted by Gasteiger charge is 2.57. The normalized spacial score (nSPS) is 23.8. The molecule has 2 aliphatic heterocycles. The maximum Gasteiger partial charge on any atom is 0.228 e. The average molecular weight is 432 g/mol. The topological polar surface area (TPSA) is 44.4 Å². The fraction of sp³-hybridized carbons (Fsp3) is 0.650. The summed E-state index contributed by atoms with van der Waals surface area (Å²) in [5, 5.41) is 6.65. The lowest BCUT2D eigenvalue weighted by Crippen LogP contribution is -2.32. The van der Waals surface area contributed by atoms with Crippen LogP contribution in [0.4, 0.5) is 5.69 Å². The second-order valence-corrected chi connectivity index (χ2v) is 9.12. The SMILES string of the molecule is Cc1ccc(CN2CCSCC2)cc1NC(=O)C1CC12CCNCC2.Cl.Cl. The number of hydrogen-bond acceptors (Lipinski definition) is 4. The Morgan fingerprint density at radius 2 is 1.96 bits per heavy atom. The molecule has 2 N–H and O–H groups in total. The van der Waals surface area contributed by atoms with Crippen molar-refractivity contribution in [2.45, 2.75) is 32.7 Å². The van der Waals surface area contributed by atoms with E-state index in [1.165, 1.54) is 30.2 Å². The number of piperidine rings is 1. The summed E-state index contributed by atoms with van der Waals surface area (Å²) in [6.07, 6.45) is 3.37. The smallest absolute Gasteiger partial charge is 0.228 e. The van der Waals surface area contributed by atoms with E-state index in [4.69, 9.17) is 0 Å². The van der Waals surface area contributed by atoms with Crippen molar-refractivity contribution in [3.8, 4) is 0 Å². The van der Waals surface area contributed by atoms with E-state index in [9.17, 15) is 4.79 Å². The van der Waals surface area contributed by atoms with Crippen LogP contribution in [0.5, 0.6) is 0 Å². The van der Waals surface area contributed by atoms with E-state index in [-0.39, 0.29) is 36.6 Å². The van der Waals surface area contributed by atoms with Crippen LogP contribution < -0.4 is 10.6 Å². The lowest BCUT2D eigenvalue weighted by molar-refractivity contribution is -0.118. The van der Waals surface area contributed by atoms with Gasteiger partial charge in [0, 0.05) is 42.7 Å². The van der Waals surface area contributed by atoms with E-state index in [0.717, 1.165) is 50.1 Å². The molecular formula is C20H31Cl2N3OS. The van der Waals surface area contributed by atoms with Crippen molar-refractivity contribution < 1.29 is 4.79 Å². The molecule has 2 saturated heterocycles. The molecular weight excluding hydrogens is 401 g/mol. The zero-order chi connectivity index (χ0) is 17.3. The highest BCUT2D eigenvalue weighted by atomic mass is 35.5. The largest absolute Gasteiger partial charge is 0.326 e. The molecule has 0 radical (unpaired) electrons. The Bertz CT molecular complexity index is 646. The van der Waals surface area contributed by atoms with Crippen molar-refractivity contribution >= 4 is 48.2 Å². The summed E-state index contributed by atoms with van der Waals surface area (Å²) in [5.41, 5.74) is 3.77. The lowest BCUT2D eigenvalue weighted by Gasteiger charge is -2.26. The van der Waals surface area contributed by atoms with Crippen molar-refractivity contribution in [2.24, 2.45) is 11.3 Å². The molecule has 1 aromatic carbocycles. The molecule has 0 bridgehead atoms. The Kier molecular flexibility index (Phi) is 8.32. The Morgan fingerprint density at radius 3 is 2.67 bits per heavy atom. The molecule has 4 rings (SSSR count). The predicted molar refractivity (Wildman–Crippen MR) is 120 cm³/mol. The van der Waals surface area contributed by atoms with Gasteiger partial charge in [-0.25, -0.2) is 0 Å². The van der Waals surface area contributed by atoms with Crippen molar-refractivity contribution in [3.05, 3.63) is 29.3 Å². The number of carbonyl (C=O) groups is 1. The number of benzene rings is 1. The summed E-state index contributed by atoms with van der Waals surface area (Å²) < 4.78 is 0. The number of hydrogen-bond donors (Lipinski definition) is 2. The number of amides is 1. The van der Waals surface area contributed by atoms with Crippen molar-refractivity contribution in [1.82, 2.24) is 10.2 Å². The second-order valence-electron chi connectivity index (χ2n) is 7.90. The molecule has 1 aliphatic carbocycles. The first-order valence-electron chi connectivity index (χ1n) is 9.58. The van der Waals surface area contributed by atoms with Crippen LogP contribution in [0.2, 0.25) is 0 Å². The summed E-state index contributed by atoms with van der Waals surface area (Å²) in [7, 11) is 0. The van der Waals surface area contributed by atoms with E-state index in [1.807, 2.05) is 11.8 Å². The number of carbonyl (C=O) groups excluding carboxylic acids is 1. The number of anilines is 1. The van der Waals surface area contributed by atoms with Gasteiger partial charge < -0.3 is 10.6 Å². The molecule has 27 heavy (non-hydrogen) atoms. The highest BCUT2D eigenvalue weighted by Crippen LogP contribution is 2.58. The second kappa shape index (κ2) is 9.84. The van der Waals surface area contributed by atoms with Gasteiger partial charge in [-0.15, -0.1) is 24.8 Å². The van der Waals surface area contributed by atoms with Gasteiger partial charge >= 0.3 is 0 Å². The number of halogens is 2. The van der Waals surface area contributed by atoms with Gasteiger partial charge in [-0.3, -0.25) is 9.69 Å². The van der Waals surface area contributed by atoms with Crippen LogP contribution >= 0.6 is 36.6 Å². The zero-order valence-electron chi connectivity index (χ0n) is 16.0. The molecule has 1 aromatic rings. The quantitative estimate of drug-likeness (QED) is 0.762. The number of aryl methyl sites for hydroxylation is 1. The average Bonchev–Trinajstić information content (AvgIpc) is 3.32. The number of thioether (sulfide) groups is 1. The summed E-state index contributed by atoms with van der Waals surface area (Å²) >= 11 is 2.04. The standard InChI is InChI=1S/C20H29N3OS.2ClH/c1-15-2-3-16(14-23-8-10-25-11-9-23)12-18(15)22-19(24)17-13-20(17)4-6-21-7-5-20;;/h2-3,12,17,21H,4-11,13-14H2,1H3,(H,22,24);2*1H. The minimum atomic E-state index is 0. The minimum Gasteiger partial charge on any atom is -0.326 e. The Morgan fingerprint density at radius 1 is 1.26 bits per heavy atom. The monoisotopic (exact) mass is 431 g/mol. The molecule has 2 heterocycles. The number of nitrogens with zero attached hydrogens (tertiary/aromatic N) is 1. The van der Waals surface area contributed by atoms with Gasteiger partial charge in [-0.05, 0) is 61.9 Å².